The van der Waals surface area contributed by atoms with Gasteiger partial charge in [-0.15, -0.1) is 19.1 Å². The van der Waals surface area contributed by atoms with E-state index in [2.05, 4.69) is 22.6 Å². The number of amides is 2. The molecule has 0 bridgehead atoms. The molecule has 2 aromatic carbocycles. The van der Waals surface area contributed by atoms with Crippen LogP contribution in [0.2, 0.25) is 0 Å². The van der Waals surface area contributed by atoms with E-state index in [0.717, 1.165) is 4.90 Å². The van der Waals surface area contributed by atoms with E-state index in [1.165, 1.54) is 24.3 Å². The van der Waals surface area contributed by atoms with Crippen LogP contribution < -0.4 is 9.64 Å². The molecule has 0 aromatic heterocycles. The number of ether oxygens (including phenoxy) is 3. The summed E-state index contributed by atoms with van der Waals surface area (Å²) in [6, 6.07) is 9.08. The summed E-state index contributed by atoms with van der Waals surface area (Å²) in [4.78, 5) is 29.0. The van der Waals surface area contributed by atoms with Crippen molar-refractivity contribution in [2.24, 2.45) is 0 Å². The second kappa shape index (κ2) is 13.1. The third-order valence-electron chi connectivity index (χ3n) is 5.58. The fourth-order valence-corrected chi connectivity index (χ4v) is 3.97. The predicted molar refractivity (Wildman–Crippen MR) is 153 cm³/mol. The van der Waals surface area contributed by atoms with Crippen molar-refractivity contribution in [2.45, 2.75) is 79.5 Å². The summed E-state index contributed by atoms with van der Waals surface area (Å²) in [5.41, 5.74) is 0.809. The second-order valence-electron chi connectivity index (χ2n) is 11.4. The van der Waals surface area contributed by atoms with Gasteiger partial charge in [0, 0.05) is 7.05 Å². The Morgan fingerprint density at radius 3 is 1.90 bits per heavy atom. The van der Waals surface area contributed by atoms with Crippen LogP contribution in [-0.4, -0.2) is 48.2 Å². The maximum absolute atomic E-state index is 13.2. The molecule has 0 unspecified atom stereocenters. The van der Waals surface area contributed by atoms with Crippen LogP contribution in [0.4, 0.5) is 28.4 Å². The zero-order valence-electron chi connectivity index (χ0n) is 25.3. The van der Waals surface area contributed by atoms with E-state index in [4.69, 9.17) is 9.47 Å². The zero-order chi connectivity index (χ0) is 32.0. The van der Waals surface area contributed by atoms with Crippen molar-refractivity contribution in [3.8, 4) is 34.8 Å². The first-order valence-electron chi connectivity index (χ1n) is 13.0. The Bertz CT molecular complexity index is 1380. The highest BCUT2D eigenvalue weighted by molar-refractivity contribution is 5.89. The number of hydrogen-bond acceptors (Lipinski definition) is 7. The highest BCUT2D eigenvalue weighted by Crippen LogP contribution is 2.37. The lowest BCUT2D eigenvalue weighted by Gasteiger charge is -2.30. The monoisotopic (exact) mass is 587 g/mol. The lowest BCUT2D eigenvalue weighted by atomic mass is 9.91. The largest absolute Gasteiger partial charge is 0.573 e. The Morgan fingerprint density at radius 1 is 0.952 bits per heavy atom. The van der Waals surface area contributed by atoms with Gasteiger partial charge in [-0.1, -0.05) is 18.1 Å². The van der Waals surface area contributed by atoms with Gasteiger partial charge in [-0.2, -0.15) is 5.26 Å². The van der Waals surface area contributed by atoms with Crippen LogP contribution in [0.5, 0.6) is 5.75 Å². The Balaban J connectivity index is 2.78. The van der Waals surface area contributed by atoms with E-state index in [0.29, 0.717) is 22.4 Å². The molecule has 0 aliphatic heterocycles. The van der Waals surface area contributed by atoms with Gasteiger partial charge in [-0.05, 0) is 95.8 Å². The summed E-state index contributed by atoms with van der Waals surface area (Å²) in [6.45, 7) is 13.2. The number of anilines is 1. The van der Waals surface area contributed by atoms with Gasteiger partial charge < -0.3 is 19.1 Å². The fraction of sp³-hybridized carbons (Fsp3) is 0.452. The maximum atomic E-state index is 13.2. The van der Waals surface area contributed by atoms with Crippen LogP contribution >= 0.6 is 0 Å². The van der Waals surface area contributed by atoms with Gasteiger partial charge in [-0.3, -0.25) is 0 Å². The van der Waals surface area contributed by atoms with Gasteiger partial charge in [0.25, 0.3) is 0 Å². The van der Waals surface area contributed by atoms with Crippen LogP contribution in [0.25, 0.3) is 11.1 Å². The smallest absolute Gasteiger partial charge is 0.443 e. The van der Waals surface area contributed by atoms with Gasteiger partial charge >= 0.3 is 18.5 Å². The molecule has 8 nitrogen and oxygen atoms in total. The summed E-state index contributed by atoms with van der Waals surface area (Å²) in [5, 5.41) is 10.3. The number of imide groups is 1. The zero-order valence-corrected chi connectivity index (χ0v) is 25.3. The predicted octanol–water partition coefficient (Wildman–Crippen LogP) is 7.56. The third-order valence-corrected chi connectivity index (χ3v) is 5.58. The lowest BCUT2D eigenvalue weighted by molar-refractivity contribution is -0.274. The minimum atomic E-state index is -4.85. The molecule has 0 fully saturated rings. The number of carbonyl (C=O) groups is 2. The molecule has 0 spiro atoms. The number of benzene rings is 2. The Hall–Kier alpha value is -4.38. The van der Waals surface area contributed by atoms with Crippen molar-refractivity contribution < 1.29 is 37.0 Å². The molecule has 0 heterocycles. The summed E-state index contributed by atoms with van der Waals surface area (Å²) in [5.74, 6) is 5.36. The minimum Gasteiger partial charge on any atom is -0.443 e. The molecule has 11 heteroatoms. The third kappa shape index (κ3) is 9.62. The summed E-state index contributed by atoms with van der Waals surface area (Å²) in [7, 11) is 1.74. The first-order valence-corrected chi connectivity index (χ1v) is 13.0. The molecule has 2 amide bonds. The van der Waals surface area contributed by atoms with Crippen LogP contribution in [0.15, 0.2) is 30.3 Å². The number of halogens is 3. The Morgan fingerprint density at radius 2 is 1.48 bits per heavy atom. The molecule has 226 valence electrons. The van der Waals surface area contributed by atoms with Crippen molar-refractivity contribution in [1.29, 1.82) is 5.26 Å². The summed E-state index contributed by atoms with van der Waals surface area (Å²) < 4.78 is 53.1. The lowest BCUT2D eigenvalue weighted by Crippen LogP contribution is -2.43. The summed E-state index contributed by atoms with van der Waals surface area (Å²) >= 11 is 0. The van der Waals surface area contributed by atoms with E-state index in [9.17, 15) is 28.0 Å². The van der Waals surface area contributed by atoms with Crippen LogP contribution in [-0.2, 0) is 16.0 Å². The standard InChI is InChI=1S/C31H36F3N3O5/c1-10-11-16-36(9)26-20(2)24(21-12-14-23(15-13-21)40-31(32,33)34)17-22(25(26)18-35)19-37(27(38)41-29(3,4)5)28(39)42-30(6,7)8/h12-15,17H,16,19H2,1-9H3. The van der Waals surface area contributed by atoms with E-state index < -0.39 is 35.5 Å². The molecule has 0 saturated carbocycles. The number of nitriles is 1. The molecule has 0 aliphatic carbocycles. The number of carbonyl (C=O) groups excluding carboxylic acids is 2. The van der Waals surface area contributed by atoms with Gasteiger partial charge in [0.05, 0.1) is 24.3 Å². The van der Waals surface area contributed by atoms with E-state index in [1.54, 1.807) is 73.4 Å². The molecule has 0 N–H and O–H groups in total. The molecule has 0 radical (unpaired) electrons. The normalized spacial score (nSPS) is 11.5. The molecule has 0 aliphatic rings. The fourth-order valence-electron chi connectivity index (χ4n) is 3.97. The van der Waals surface area contributed by atoms with Crippen LogP contribution in [0, 0.1) is 30.1 Å². The molecule has 42 heavy (non-hydrogen) atoms. The van der Waals surface area contributed by atoms with Crippen LogP contribution in [0.3, 0.4) is 0 Å². The summed E-state index contributed by atoms with van der Waals surface area (Å²) in [6.07, 6.45) is -6.78. The number of hydrogen-bond donors (Lipinski definition) is 0. The molecular formula is C31H36F3N3O5. The van der Waals surface area contributed by atoms with Crippen molar-refractivity contribution in [3.63, 3.8) is 0 Å². The quantitative estimate of drug-likeness (QED) is 0.322. The Labute approximate surface area is 244 Å². The number of rotatable bonds is 6. The molecule has 0 atom stereocenters. The Kier molecular flexibility index (Phi) is 10.5. The average Bonchev–Trinajstić information content (AvgIpc) is 2.83. The molecule has 2 aromatic rings. The minimum absolute atomic E-state index is 0.186. The van der Waals surface area contributed by atoms with Gasteiger partial charge in [0.2, 0.25) is 0 Å². The molecular weight excluding hydrogens is 551 g/mol. The van der Waals surface area contributed by atoms with Gasteiger partial charge in [0.1, 0.15) is 23.0 Å². The van der Waals surface area contributed by atoms with Crippen LogP contribution in [0.1, 0.15) is 65.2 Å². The first kappa shape index (κ1) is 33.8. The van der Waals surface area contributed by atoms with Crippen molar-refractivity contribution >= 4 is 17.9 Å². The highest BCUT2D eigenvalue weighted by atomic mass is 19.4. The van der Waals surface area contributed by atoms with Gasteiger partial charge in [-0.25, -0.2) is 14.5 Å². The first-order chi connectivity index (χ1) is 19.3. The molecule has 2 rings (SSSR count). The van der Waals surface area contributed by atoms with Crippen molar-refractivity contribution in [2.75, 3.05) is 18.5 Å². The van der Waals surface area contributed by atoms with E-state index in [-0.39, 0.29) is 24.2 Å². The second-order valence-corrected chi connectivity index (χ2v) is 11.4. The highest BCUT2D eigenvalue weighted by Gasteiger charge is 2.33. The molecule has 0 saturated heterocycles. The number of nitrogens with zero attached hydrogens (tertiary/aromatic N) is 3. The number of alkyl halides is 3. The van der Waals surface area contributed by atoms with Crippen molar-refractivity contribution in [3.05, 3.63) is 47.0 Å². The maximum Gasteiger partial charge on any atom is 0.573 e. The van der Waals surface area contributed by atoms with Crippen molar-refractivity contribution in [1.82, 2.24) is 4.90 Å². The average molecular weight is 588 g/mol. The van der Waals surface area contributed by atoms with Gasteiger partial charge in [0.15, 0.2) is 0 Å². The van der Waals surface area contributed by atoms with E-state index >= 15 is 0 Å². The SMILES string of the molecule is CC#CCN(C)c1c(C)c(-c2ccc(OC(F)(F)F)cc2)cc(CN(C(=O)OC(C)(C)C)C(=O)OC(C)(C)C)c1C#N. The van der Waals surface area contributed by atoms with E-state index in [1.807, 2.05) is 0 Å². The topological polar surface area (TPSA) is 92.1 Å².